The summed E-state index contributed by atoms with van der Waals surface area (Å²) < 4.78 is 55.1. The summed E-state index contributed by atoms with van der Waals surface area (Å²) in [6.45, 7) is 1.51. The smallest absolute Gasteiger partial charge is 0.217 e. The van der Waals surface area contributed by atoms with Crippen LogP contribution in [0.4, 0.5) is 8.78 Å². The van der Waals surface area contributed by atoms with Gasteiger partial charge in [0.05, 0.1) is 17.5 Å². The topological polar surface area (TPSA) is 105 Å². The second-order valence-electron chi connectivity index (χ2n) is 9.09. The van der Waals surface area contributed by atoms with E-state index >= 15 is 0 Å². The minimum absolute atomic E-state index is 0.0740. The molecule has 1 saturated carbocycles. The van der Waals surface area contributed by atoms with E-state index in [4.69, 9.17) is 5.73 Å². The molecule has 1 aliphatic heterocycles. The summed E-state index contributed by atoms with van der Waals surface area (Å²) in [6.07, 6.45) is 4.87. The van der Waals surface area contributed by atoms with Crippen molar-refractivity contribution < 1.29 is 22.0 Å². The number of hydrogen-bond donors (Lipinski definition) is 2. The number of pyridine rings is 1. The molecule has 0 amide bonds. The molecule has 7 nitrogen and oxygen atoms in total. The van der Waals surface area contributed by atoms with Crippen molar-refractivity contribution in [2.24, 2.45) is 5.73 Å². The highest BCUT2D eigenvalue weighted by Gasteiger charge is 2.43. The first-order chi connectivity index (χ1) is 16.3. The lowest BCUT2D eigenvalue weighted by Gasteiger charge is -2.35. The minimum Gasteiger partial charge on any atom is -0.321 e. The van der Waals surface area contributed by atoms with Crippen molar-refractivity contribution in [3.63, 3.8) is 0 Å². The Kier molecular flexibility index (Phi) is 7.71. The van der Waals surface area contributed by atoms with Gasteiger partial charge in [0.25, 0.3) is 0 Å². The van der Waals surface area contributed by atoms with Crippen LogP contribution < -0.4 is 11.1 Å². The van der Waals surface area contributed by atoms with Crippen LogP contribution in [0.1, 0.15) is 36.0 Å². The van der Waals surface area contributed by atoms with Crippen molar-refractivity contribution in [3.05, 3.63) is 65.0 Å². The van der Waals surface area contributed by atoms with Crippen LogP contribution in [0.2, 0.25) is 0 Å². The summed E-state index contributed by atoms with van der Waals surface area (Å²) in [6, 6.07) is 4.70. The average molecular weight is 493 g/mol. The summed E-state index contributed by atoms with van der Waals surface area (Å²) in [7, 11) is -3.33. The van der Waals surface area contributed by atoms with Crippen molar-refractivity contribution in [2.75, 3.05) is 19.6 Å². The van der Waals surface area contributed by atoms with Gasteiger partial charge in [-0.1, -0.05) is 12.1 Å². The van der Waals surface area contributed by atoms with Gasteiger partial charge in [-0.25, -0.2) is 17.2 Å². The largest absolute Gasteiger partial charge is 0.321 e. The molecule has 0 bridgehead atoms. The van der Waals surface area contributed by atoms with E-state index in [2.05, 4.69) is 10.3 Å². The second-order valence-corrected chi connectivity index (χ2v) is 11.3. The van der Waals surface area contributed by atoms with E-state index in [9.17, 15) is 22.0 Å². The van der Waals surface area contributed by atoms with Crippen molar-refractivity contribution in [1.82, 2.24) is 14.6 Å². The molecule has 2 aliphatic rings. The van der Waals surface area contributed by atoms with Crippen LogP contribution in [-0.4, -0.2) is 60.5 Å². The highest BCUT2D eigenvalue weighted by Crippen LogP contribution is 2.33. The Labute approximate surface area is 198 Å². The van der Waals surface area contributed by atoms with Gasteiger partial charge in [0, 0.05) is 38.3 Å². The fourth-order valence-electron chi connectivity index (χ4n) is 4.43. The molecule has 2 fully saturated rings. The van der Waals surface area contributed by atoms with Crippen LogP contribution in [0.3, 0.4) is 0 Å². The van der Waals surface area contributed by atoms with Gasteiger partial charge >= 0.3 is 0 Å². The van der Waals surface area contributed by atoms with E-state index in [1.54, 1.807) is 16.4 Å². The lowest BCUT2D eigenvalue weighted by Crippen LogP contribution is -2.54. The molecular weight excluding hydrogens is 462 g/mol. The summed E-state index contributed by atoms with van der Waals surface area (Å²) in [5, 5.41) is 2.94. The minimum atomic E-state index is -3.33. The third-order valence-corrected chi connectivity index (χ3v) is 8.99. The number of hydrogen-bond acceptors (Lipinski definition) is 6. The van der Waals surface area contributed by atoms with Gasteiger partial charge in [-0.05, 0) is 60.9 Å². The van der Waals surface area contributed by atoms with Gasteiger partial charge in [0.1, 0.15) is 11.6 Å². The zero-order valence-electron chi connectivity index (χ0n) is 18.9. The Balaban J connectivity index is 1.43. The van der Waals surface area contributed by atoms with Crippen molar-refractivity contribution in [3.8, 4) is 0 Å². The molecule has 1 aromatic heterocycles. The first kappa shape index (κ1) is 24.8. The molecule has 1 aliphatic carbocycles. The Hall–Kier alpha value is -2.27. The summed E-state index contributed by atoms with van der Waals surface area (Å²) in [5.74, 6) is -1.15. The number of nitrogens with zero attached hydrogens (tertiary/aromatic N) is 2. The standard InChI is InChI=1S/C24H30F2N4O3S/c25-18-3-1-16(2-4-18)11-23(27)24(31)12-17-13-29-15-22(26)21(17)8-5-19-14-28-9-10-30(19)34(32,33)20-6-7-20/h1-4,13,15,19-20,23,28H,5-12,14,27H2/t19-,23-/m0/s1. The van der Waals surface area contributed by atoms with E-state index in [0.717, 1.165) is 11.8 Å². The Morgan fingerprint density at radius 1 is 1.21 bits per heavy atom. The first-order valence-corrected chi connectivity index (χ1v) is 13.1. The van der Waals surface area contributed by atoms with E-state index in [-0.39, 0.29) is 42.2 Å². The Bertz CT molecular complexity index is 1120. The predicted octanol–water partition coefficient (Wildman–Crippen LogP) is 1.74. The van der Waals surface area contributed by atoms with Crippen molar-refractivity contribution >= 4 is 15.8 Å². The highest BCUT2D eigenvalue weighted by atomic mass is 32.2. The molecule has 4 rings (SSSR count). The molecule has 3 N–H and O–H groups in total. The highest BCUT2D eigenvalue weighted by molar-refractivity contribution is 7.90. The lowest BCUT2D eigenvalue weighted by atomic mass is 9.94. The number of nitrogens with two attached hydrogens (primary N) is 1. The molecule has 0 spiro atoms. The van der Waals surface area contributed by atoms with E-state index in [1.807, 2.05) is 0 Å². The maximum Gasteiger partial charge on any atom is 0.217 e. The number of aromatic nitrogens is 1. The molecule has 1 aromatic carbocycles. The third kappa shape index (κ3) is 5.86. The van der Waals surface area contributed by atoms with Gasteiger partial charge in [-0.15, -0.1) is 0 Å². The van der Waals surface area contributed by atoms with E-state index < -0.39 is 21.9 Å². The van der Waals surface area contributed by atoms with Gasteiger partial charge in [-0.2, -0.15) is 4.31 Å². The maximum absolute atomic E-state index is 14.7. The van der Waals surface area contributed by atoms with Crippen LogP contribution in [0, 0.1) is 11.6 Å². The van der Waals surface area contributed by atoms with Crippen molar-refractivity contribution in [2.45, 2.75) is 55.9 Å². The predicted molar refractivity (Wildman–Crippen MR) is 125 cm³/mol. The number of ketones is 1. The van der Waals surface area contributed by atoms with E-state index in [1.165, 1.54) is 18.3 Å². The fraction of sp³-hybridized carbons (Fsp3) is 0.500. The van der Waals surface area contributed by atoms with Gasteiger partial charge in [-0.3, -0.25) is 9.78 Å². The van der Waals surface area contributed by atoms with Crippen LogP contribution in [0.25, 0.3) is 0 Å². The molecule has 2 heterocycles. The van der Waals surface area contributed by atoms with Gasteiger partial charge in [0.2, 0.25) is 10.0 Å². The first-order valence-electron chi connectivity index (χ1n) is 11.6. The van der Waals surface area contributed by atoms with Crippen LogP contribution in [0.15, 0.2) is 36.7 Å². The molecule has 0 radical (unpaired) electrons. The number of piperazine rings is 1. The Morgan fingerprint density at radius 2 is 1.94 bits per heavy atom. The zero-order valence-corrected chi connectivity index (χ0v) is 19.7. The van der Waals surface area contributed by atoms with Gasteiger partial charge in [0.15, 0.2) is 5.78 Å². The molecule has 2 aromatic rings. The van der Waals surface area contributed by atoms with Crippen LogP contribution in [0.5, 0.6) is 0 Å². The number of rotatable bonds is 10. The van der Waals surface area contributed by atoms with Crippen molar-refractivity contribution in [1.29, 1.82) is 0 Å². The number of benzene rings is 1. The average Bonchev–Trinajstić information content (AvgIpc) is 3.66. The number of carbonyl (C=O) groups excluding carboxylic acids is 1. The molecule has 1 saturated heterocycles. The zero-order chi connectivity index (χ0) is 24.3. The molecular formula is C24H30F2N4O3S. The number of halogens is 2. The fourth-order valence-corrected chi connectivity index (χ4v) is 6.49. The SMILES string of the molecule is N[C@@H](Cc1ccc(F)cc1)C(=O)Cc1cncc(F)c1CC[C@H]1CNCCN1S(=O)(=O)C1CC1. The summed E-state index contributed by atoms with van der Waals surface area (Å²) in [4.78, 5) is 16.7. The summed E-state index contributed by atoms with van der Waals surface area (Å²) in [5.41, 5.74) is 7.64. The quantitative estimate of drug-likeness (QED) is 0.524. The molecule has 2 atom stereocenters. The normalized spacial score (nSPS) is 20.3. The number of carbonyl (C=O) groups is 1. The van der Waals surface area contributed by atoms with Crippen LogP contribution in [-0.2, 0) is 34.1 Å². The molecule has 34 heavy (non-hydrogen) atoms. The molecule has 0 unspecified atom stereocenters. The second kappa shape index (κ2) is 10.6. The molecule has 10 heteroatoms. The number of sulfonamides is 1. The lowest BCUT2D eigenvalue weighted by molar-refractivity contribution is -0.119. The molecule has 184 valence electrons. The number of nitrogens with one attached hydrogen (secondary N) is 1. The van der Waals surface area contributed by atoms with E-state index in [0.29, 0.717) is 50.0 Å². The third-order valence-electron chi connectivity index (χ3n) is 6.54. The Morgan fingerprint density at radius 3 is 2.65 bits per heavy atom. The maximum atomic E-state index is 14.7. The van der Waals surface area contributed by atoms with Gasteiger partial charge < -0.3 is 11.1 Å². The number of Topliss-reactive ketones (excluding diaryl/α,β-unsaturated/α-hetero) is 1. The summed E-state index contributed by atoms with van der Waals surface area (Å²) >= 11 is 0. The van der Waals surface area contributed by atoms with Crippen LogP contribution >= 0.6 is 0 Å². The monoisotopic (exact) mass is 492 g/mol.